The molecular weight excluding hydrogens is 463 g/mol. The van der Waals surface area contributed by atoms with E-state index in [1.807, 2.05) is 18.2 Å². The number of hydrogen-bond donors (Lipinski definition) is 2. The third kappa shape index (κ3) is 4.55. The summed E-state index contributed by atoms with van der Waals surface area (Å²) in [5, 5.41) is 18.4. The number of nitrogens with zero attached hydrogens (tertiary/aromatic N) is 5. The zero-order valence-electron chi connectivity index (χ0n) is 18.5. The van der Waals surface area contributed by atoms with Crippen molar-refractivity contribution >= 4 is 28.4 Å². The van der Waals surface area contributed by atoms with Crippen molar-refractivity contribution in [1.82, 2.24) is 35.0 Å². The first-order chi connectivity index (χ1) is 16.8. The van der Waals surface area contributed by atoms with Crippen molar-refractivity contribution in [3.8, 4) is 0 Å². The van der Waals surface area contributed by atoms with E-state index in [1.165, 1.54) is 10.5 Å². The number of pyridine rings is 1. The lowest BCUT2D eigenvalue weighted by Gasteiger charge is -2.32. The Bertz CT molecular complexity index is 1390. The van der Waals surface area contributed by atoms with Crippen molar-refractivity contribution < 1.29 is 22.8 Å². The number of hydrogen-bond acceptors (Lipinski definition) is 5. The first-order valence-electron chi connectivity index (χ1n) is 11.2. The third-order valence-corrected chi connectivity index (χ3v) is 6.21. The van der Waals surface area contributed by atoms with Gasteiger partial charge in [-0.05, 0) is 31.0 Å². The number of fused-ring (bicyclic) bond motifs is 2. The Morgan fingerprint density at radius 3 is 2.80 bits per heavy atom. The number of alkyl halides is 3. The van der Waals surface area contributed by atoms with Gasteiger partial charge in [-0.15, -0.1) is 10.2 Å². The van der Waals surface area contributed by atoms with E-state index in [0.29, 0.717) is 42.8 Å². The summed E-state index contributed by atoms with van der Waals surface area (Å²) in [6.45, 7) is 1.01. The zero-order valence-corrected chi connectivity index (χ0v) is 18.5. The summed E-state index contributed by atoms with van der Waals surface area (Å²) >= 11 is 0. The molecule has 9 nitrogen and oxygen atoms in total. The highest BCUT2D eigenvalue weighted by molar-refractivity contribution is 6.04. The minimum Gasteiger partial charge on any atom is -0.350 e. The van der Waals surface area contributed by atoms with Crippen LogP contribution in [0.25, 0.3) is 16.6 Å². The molecule has 0 saturated carbocycles. The van der Waals surface area contributed by atoms with Crippen LogP contribution in [0.5, 0.6) is 0 Å². The molecule has 182 valence electrons. The van der Waals surface area contributed by atoms with E-state index in [4.69, 9.17) is 0 Å². The molecule has 2 amide bonds. The smallest absolute Gasteiger partial charge is 0.350 e. The van der Waals surface area contributed by atoms with Crippen LogP contribution in [-0.2, 0) is 11.0 Å². The SMILES string of the molecule is O=C(NCCC(=O)N1CCCC(c2nnc3ccc(C(F)(F)F)cn23)C1)c1n[nH]c2ccccc12. The minimum absolute atomic E-state index is 0.0968. The van der Waals surface area contributed by atoms with Crippen LogP contribution < -0.4 is 5.32 Å². The van der Waals surface area contributed by atoms with Gasteiger partial charge in [0.1, 0.15) is 5.82 Å². The molecule has 0 aliphatic carbocycles. The number of likely N-dealkylation sites (tertiary alicyclic amines) is 1. The maximum absolute atomic E-state index is 13.2. The van der Waals surface area contributed by atoms with Gasteiger partial charge in [-0.1, -0.05) is 18.2 Å². The molecule has 2 N–H and O–H groups in total. The van der Waals surface area contributed by atoms with E-state index < -0.39 is 11.7 Å². The second kappa shape index (κ2) is 9.01. The quantitative estimate of drug-likeness (QED) is 0.452. The maximum atomic E-state index is 13.2. The highest BCUT2D eigenvalue weighted by Crippen LogP contribution is 2.31. The molecule has 1 unspecified atom stereocenters. The number of carbonyl (C=O) groups excluding carboxylic acids is 2. The summed E-state index contributed by atoms with van der Waals surface area (Å²) in [7, 11) is 0. The van der Waals surface area contributed by atoms with E-state index in [1.54, 1.807) is 11.0 Å². The molecule has 1 aromatic carbocycles. The fourth-order valence-corrected chi connectivity index (χ4v) is 4.43. The van der Waals surface area contributed by atoms with Gasteiger partial charge in [-0.3, -0.25) is 19.1 Å². The van der Waals surface area contributed by atoms with Gasteiger partial charge in [0.2, 0.25) is 5.91 Å². The fourth-order valence-electron chi connectivity index (χ4n) is 4.43. The van der Waals surface area contributed by atoms with Gasteiger partial charge in [-0.2, -0.15) is 18.3 Å². The molecule has 3 aromatic heterocycles. The van der Waals surface area contributed by atoms with Crippen LogP contribution in [-0.4, -0.2) is 61.1 Å². The number of aromatic nitrogens is 5. The van der Waals surface area contributed by atoms with E-state index in [0.717, 1.165) is 17.8 Å². The van der Waals surface area contributed by atoms with Gasteiger partial charge in [0.15, 0.2) is 11.3 Å². The van der Waals surface area contributed by atoms with E-state index in [2.05, 4.69) is 25.7 Å². The van der Waals surface area contributed by atoms with E-state index in [-0.39, 0.29) is 36.4 Å². The number of benzene rings is 1. The molecule has 12 heteroatoms. The Morgan fingerprint density at radius 2 is 1.97 bits per heavy atom. The number of piperidine rings is 1. The summed E-state index contributed by atoms with van der Waals surface area (Å²) in [5.74, 6) is -0.354. The van der Waals surface area contributed by atoms with E-state index in [9.17, 15) is 22.8 Å². The maximum Gasteiger partial charge on any atom is 0.417 e. The molecule has 1 saturated heterocycles. The van der Waals surface area contributed by atoms with Crippen LogP contribution in [0.3, 0.4) is 0 Å². The standard InChI is InChI=1S/C23H22F3N7O2/c24-23(25,26)15-7-8-18-29-31-21(33(18)13-15)14-4-3-11-32(12-14)19(34)9-10-27-22(35)20-16-5-1-2-6-17(16)28-30-20/h1-2,5-8,13-14H,3-4,9-12H2,(H,27,35)(H,28,30). The Labute approximate surface area is 197 Å². The lowest BCUT2D eigenvalue weighted by atomic mass is 9.97. The Balaban J connectivity index is 1.21. The number of amides is 2. The second-order valence-electron chi connectivity index (χ2n) is 8.50. The van der Waals surface area contributed by atoms with Crippen molar-refractivity contribution in [2.45, 2.75) is 31.4 Å². The van der Waals surface area contributed by atoms with Crippen LogP contribution in [0, 0.1) is 0 Å². The fraction of sp³-hybridized carbons (Fsp3) is 0.348. The molecule has 0 radical (unpaired) electrons. The summed E-state index contributed by atoms with van der Waals surface area (Å²) in [6.07, 6.45) is -2.00. The lowest BCUT2D eigenvalue weighted by Crippen LogP contribution is -2.41. The Morgan fingerprint density at radius 1 is 1.14 bits per heavy atom. The largest absolute Gasteiger partial charge is 0.417 e. The molecule has 5 rings (SSSR count). The average Bonchev–Trinajstić information content (AvgIpc) is 3.47. The highest BCUT2D eigenvalue weighted by atomic mass is 19.4. The molecule has 35 heavy (non-hydrogen) atoms. The number of rotatable bonds is 5. The first kappa shape index (κ1) is 22.8. The van der Waals surface area contributed by atoms with E-state index >= 15 is 0 Å². The molecule has 1 fully saturated rings. The minimum atomic E-state index is -4.48. The molecule has 4 aromatic rings. The zero-order chi connectivity index (χ0) is 24.6. The average molecular weight is 485 g/mol. The summed E-state index contributed by atoms with van der Waals surface area (Å²) in [5.41, 5.74) is 0.555. The third-order valence-electron chi connectivity index (χ3n) is 6.21. The molecule has 0 bridgehead atoms. The van der Waals surface area contributed by atoms with Crippen LogP contribution in [0.2, 0.25) is 0 Å². The summed E-state index contributed by atoms with van der Waals surface area (Å²) < 4.78 is 40.8. The predicted octanol–water partition coefficient (Wildman–Crippen LogP) is 3.15. The Kier molecular flexibility index (Phi) is 5.87. The lowest BCUT2D eigenvalue weighted by molar-refractivity contribution is -0.137. The van der Waals surface area contributed by atoms with Gasteiger partial charge in [0, 0.05) is 43.6 Å². The van der Waals surface area contributed by atoms with Crippen LogP contribution in [0.1, 0.15) is 47.1 Å². The first-order valence-corrected chi connectivity index (χ1v) is 11.2. The summed E-state index contributed by atoms with van der Waals surface area (Å²) in [4.78, 5) is 27.0. The molecule has 1 aliphatic rings. The molecule has 1 atom stereocenters. The number of halogens is 3. The highest BCUT2D eigenvalue weighted by Gasteiger charge is 2.32. The van der Waals surface area contributed by atoms with Crippen molar-refractivity contribution in [2.24, 2.45) is 0 Å². The molecule has 0 spiro atoms. The van der Waals surface area contributed by atoms with Crippen molar-refractivity contribution in [3.05, 3.63) is 59.7 Å². The molecular formula is C23H22F3N7O2. The van der Waals surface area contributed by atoms with Crippen molar-refractivity contribution in [2.75, 3.05) is 19.6 Å². The predicted molar refractivity (Wildman–Crippen MR) is 120 cm³/mol. The second-order valence-corrected chi connectivity index (χ2v) is 8.50. The molecule has 4 heterocycles. The van der Waals surface area contributed by atoms with Crippen LogP contribution in [0.4, 0.5) is 13.2 Å². The van der Waals surface area contributed by atoms with Gasteiger partial charge in [0.05, 0.1) is 11.1 Å². The summed E-state index contributed by atoms with van der Waals surface area (Å²) in [6, 6.07) is 9.52. The normalized spacial score (nSPS) is 16.7. The number of aromatic amines is 1. The molecule has 1 aliphatic heterocycles. The number of nitrogens with one attached hydrogen (secondary N) is 2. The monoisotopic (exact) mass is 485 g/mol. The van der Waals surface area contributed by atoms with Crippen LogP contribution in [0.15, 0.2) is 42.6 Å². The van der Waals surface area contributed by atoms with Crippen molar-refractivity contribution in [1.29, 1.82) is 0 Å². The number of para-hydroxylation sites is 1. The van der Waals surface area contributed by atoms with Crippen LogP contribution >= 0.6 is 0 Å². The van der Waals surface area contributed by atoms with Gasteiger partial charge in [-0.25, -0.2) is 0 Å². The van der Waals surface area contributed by atoms with Crippen molar-refractivity contribution in [3.63, 3.8) is 0 Å². The topological polar surface area (TPSA) is 108 Å². The van der Waals surface area contributed by atoms with Gasteiger partial charge < -0.3 is 10.2 Å². The van der Waals surface area contributed by atoms with Gasteiger partial charge in [0.25, 0.3) is 5.91 Å². The van der Waals surface area contributed by atoms with Gasteiger partial charge >= 0.3 is 6.18 Å². The number of carbonyl (C=O) groups is 2. The Hall–Kier alpha value is -3.96. The number of H-pyrrole nitrogens is 1.